The van der Waals surface area contributed by atoms with Crippen LogP contribution in [0.4, 0.5) is 0 Å². The van der Waals surface area contributed by atoms with Crippen LogP contribution in [0.1, 0.15) is 35.3 Å². The zero-order valence-electron chi connectivity index (χ0n) is 11.8. The van der Waals surface area contributed by atoms with Crippen LogP contribution in [0.25, 0.3) is 0 Å². The maximum atomic E-state index is 12.2. The first-order valence-electron chi connectivity index (χ1n) is 6.59. The number of benzene rings is 1. The number of amides is 1. The van der Waals surface area contributed by atoms with Gasteiger partial charge in [-0.15, -0.1) is 0 Å². The van der Waals surface area contributed by atoms with Crippen molar-refractivity contribution in [1.82, 2.24) is 4.90 Å². The Morgan fingerprint density at radius 3 is 2.47 bits per heavy atom. The molecule has 1 aromatic carbocycles. The lowest BCUT2D eigenvalue weighted by Gasteiger charge is -2.27. The highest BCUT2D eigenvalue weighted by atomic mass is 16.5. The molecule has 1 heterocycles. The van der Waals surface area contributed by atoms with Crippen LogP contribution in [-0.4, -0.2) is 37.1 Å². The second-order valence-corrected chi connectivity index (χ2v) is 4.10. The van der Waals surface area contributed by atoms with Crippen molar-refractivity contribution in [1.29, 1.82) is 5.26 Å². The number of carbonyl (C=O) groups excluding carboxylic acids is 1. The molecule has 0 aliphatic carbocycles. The zero-order chi connectivity index (χ0) is 14.3. The predicted octanol–water partition coefficient (Wildman–Crippen LogP) is 2.37. The van der Waals surface area contributed by atoms with Crippen molar-refractivity contribution >= 4 is 5.91 Å². The van der Waals surface area contributed by atoms with Gasteiger partial charge < -0.3 is 9.64 Å². The molecule has 0 spiro atoms. The Bertz CT molecular complexity index is 472. The van der Waals surface area contributed by atoms with Crippen molar-refractivity contribution in [2.75, 3.05) is 26.3 Å². The van der Waals surface area contributed by atoms with Crippen LogP contribution in [0.2, 0.25) is 0 Å². The monoisotopic (exact) mass is 260 g/mol. The summed E-state index contributed by atoms with van der Waals surface area (Å²) in [7, 11) is 0. The largest absolute Gasteiger partial charge is 0.378 e. The third-order valence-corrected chi connectivity index (χ3v) is 2.75. The minimum atomic E-state index is -0.0199. The van der Waals surface area contributed by atoms with Crippen molar-refractivity contribution in [3.8, 4) is 6.07 Å². The summed E-state index contributed by atoms with van der Waals surface area (Å²) >= 11 is 0. The lowest BCUT2D eigenvalue weighted by Crippen LogP contribution is -2.40. The van der Waals surface area contributed by atoms with Crippen molar-refractivity contribution < 1.29 is 9.53 Å². The maximum Gasteiger partial charge on any atom is 0.254 e. The number of hydrogen-bond acceptors (Lipinski definition) is 3. The van der Waals surface area contributed by atoms with E-state index in [9.17, 15) is 4.79 Å². The lowest BCUT2D eigenvalue weighted by atomic mass is 10.1. The number of carbonyl (C=O) groups is 1. The fourth-order valence-electron chi connectivity index (χ4n) is 1.92. The number of nitrogens with zero attached hydrogens (tertiary/aromatic N) is 2. The van der Waals surface area contributed by atoms with Crippen LogP contribution in [-0.2, 0) is 4.74 Å². The Labute approximate surface area is 114 Å². The van der Waals surface area contributed by atoms with Crippen molar-refractivity contribution in [3.05, 3.63) is 34.9 Å². The SMILES string of the molecule is CC.Cc1cc(C#N)cc(C(=O)N2CCOCC2)c1. The van der Waals surface area contributed by atoms with E-state index in [1.165, 1.54) is 0 Å². The third kappa shape index (κ3) is 4.08. The molecule has 1 saturated heterocycles. The highest BCUT2D eigenvalue weighted by Gasteiger charge is 2.18. The number of nitriles is 1. The first-order chi connectivity index (χ1) is 9.20. The summed E-state index contributed by atoms with van der Waals surface area (Å²) in [5, 5.41) is 8.88. The molecule has 1 amide bonds. The van der Waals surface area contributed by atoms with E-state index in [-0.39, 0.29) is 5.91 Å². The summed E-state index contributed by atoms with van der Waals surface area (Å²) in [6.07, 6.45) is 0. The van der Waals surface area contributed by atoms with Gasteiger partial charge in [-0.1, -0.05) is 13.8 Å². The molecule has 1 aromatic rings. The standard InChI is InChI=1S/C13H14N2O2.C2H6/c1-10-6-11(9-14)8-12(7-10)13(16)15-2-4-17-5-3-15;1-2/h6-8H,2-5H2,1H3;1-2H3. The van der Waals surface area contributed by atoms with Gasteiger partial charge in [0.2, 0.25) is 0 Å². The molecule has 0 saturated carbocycles. The summed E-state index contributed by atoms with van der Waals surface area (Å²) in [4.78, 5) is 13.9. The normalized spacial score (nSPS) is 14.1. The number of aryl methyl sites for hydroxylation is 1. The Kier molecular flexibility index (Phi) is 6.04. The van der Waals surface area contributed by atoms with Gasteiger partial charge in [-0.25, -0.2) is 0 Å². The highest BCUT2D eigenvalue weighted by molar-refractivity contribution is 5.94. The maximum absolute atomic E-state index is 12.2. The molecule has 0 radical (unpaired) electrons. The molecule has 0 N–H and O–H groups in total. The van der Waals surface area contributed by atoms with Gasteiger partial charge in [-0.3, -0.25) is 4.79 Å². The number of ether oxygens (including phenoxy) is 1. The van der Waals surface area contributed by atoms with Gasteiger partial charge in [0.05, 0.1) is 24.8 Å². The Morgan fingerprint density at radius 1 is 1.26 bits per heavy atom. The molecule has 0 bridgehead atoms. The molecular formula is C15H20N2O2. The van der Waals surface area contributed by atoms with Crippen LogP contribution in [0.5, 0.6) is 0 Å². The van der Waals surface area contributed by atoms with Gasteiger partial charge in [0.15, 0.2) is 0 Å². The van der Waals surface area contributed by atoms with Crippen molar-refractivity contribution in [3.63, 3.8) is 0 Å². The van der Waals surface area contributed by atoms with Crippen LogP contribution in [0.3, 0.4) is 0 Å². The molecule has 102 valence electrons. The molecule has 1 fully saturated rings. The first kappa shape index (κ1) is 15.2. The van der Waals surface area contributed by atoms with E-state index >= 15 is 0 Å². The molecule has 1 aliphatic heterocycles. The van der Waals surface area contributed by atoms with E-state index in [2.05, 4.69) is 6.07 Å². The van der Waals surface area contributed by atoms with Gasteiger partial charge in [-0.2, -0.15) is 5.26 Å². The average Bonchev–Trinajstić information content (AvgIpc) is 2.48. The minimum absolute atomic E-state index is 0.0199. The second-order valence-electron chi connectivity index (χ2n) is 4.10. The smallest absolute Gasteiger partial charge is 0.254 e. The van der Waals surface area contributed by atoms with E-state index < -0.39 is 0 Å². The van der Waals surface area contributed by atoms with Crippen molar-refractivity contribution in [2.24, 2.45) is 0 Å². The topological polar surface area (TPSA) is 53.3 Å². The fourth-order valence-corrected chi connectivity index (χ4v) is 1.92. The zero-order valence-corrected chi connectivity index (χ0v) is 11.8. The van der Waals surface area contributed by atoms with Crippen LogP contribution < -0.4 is 0 Å². The summed E-state index contributed by atoms with van der Waals surface area (Å²) in [5.74, 6) is -0.0199. The Hall–Kier alpha value is -1.86. The molecule has 1 aliphatic rings. The number of rotatable bonds is 1. The van der Waals surface area contributed by atoms with E-state index in [0.29, 0.717) is 37.4 Å². The predicted molar refractivity (Wildman–Crippen MR) is 74.0 cm³/mol. The molecule has 19 heavy (non-hydrogen) atoms. The van der Waals surface area contributed by atoms with Gasteiger partial charge >= 0.3 is 0 Å². The Balaban J connectivity index is 0.000000861. The van der Waals surface area contributed by atoms with Gasteiger partial charge in [0.1, 0.15) is 0 Å². The van der Waals surface area contributed by atoms with Crippen LogP contribution in [0, 0.1) is 18.3 Å². The number of hydrogen-bond donors (Lipinski definition) is 0. The highest BCUT2D eigenvalue weighted by Crippen LogP contribution is 2.12. The minimum Gasteiger partial charge on any atom is -0.378 e. The van der Waals surface area contributed by atoms with Crippen LogP contribution >= 0.6 is 0 Å². The van der Waals surface area contributed by atoms with Gasteiger partial charge in [-0.05, 0) is 30.7 Å². The van der Waals surface area contributed by atoms with Crippen molar-refractivity contribution in [2.45, 2.75) is 20.8 Å². The van der Waals surface area contributed by atoms with E-state index in [1.54, 1.807) is 17.0 Å². The number of morpholine rings is 1. The Morgan fingerprint density at radius 2 is 1.89 bits per heavy atom. The van der Waals surface area contributed by atoms with Crippen LogP contribution in [0.15, 0.2) is 18.2 Å². The molecule has 2 rings (SSSR count). The molecule has 0 aromatic heterocycles. The molecule has 0 atom stereocenters. The summed E-state index contributed by atoms with van der Waals surface area (Å²) in [6.45, 7) is 8.30. The second kappa shape index (κ2) is 7.55. The van der Waals surface area contributed by atoms with E-state index in [4.69, 9.17) is 10.00 Å². The first-order valence-corrected chi connectivity index (χ1v) is 6.59. The molecule has 4 nitrogen and oxygen atoms in total. The summed E-state index contributed by atoms with van der Waals surface area (Å²) in [6, 6.07) is 7.31. The molecule has 0 unspecified atom stereocenters. The third-order valence-electron chi connectivity index (χ3n) is 2.75. The summed E-state index contributed by atoms with van der Waals surface area (Å²) in [5.41, 5.74) is 2.05. The average molecular weight is 260 g/mol. The quantitative estimate of drug-likeness (QED) is 0.779. The van der Waals surface area contributed by atoms with E-state index in [1.807, 2.05) is 26.8 Å². The van der Waals surface area contributed by atoms with Gasteiger partial charge in [0, 0.05) is 18.7 Å². The lowest BCUT2D eigenvalue weighted by molar-refractivity contribution is 0.0303. The molecule has 4 heteroatoms. The fraction of sp³-hybridized carbons (Fsp3) is 0.467. The van der Waals surface area contributed by atoms with E-state index in [0.717, 1.165) is 5.56 Å². The molecular weight excluding hydrogens is 240 g/mol. The van der Waals surface area contributed by atoms with Gasteiger partial charge in [0.25, 0.3) is 5.91 Å². The summed E-state index contributed by atoms with van der Waals surface area (Å²) < 4.78 is 5.21.